The second kappa shape index (κ2) is 3.97. The van der Waals surface area contributed by atoms with Gasteiger partial charge in [-0.15, -0.1) is 0 Å². The van der Waals surface area contributed by atoms with E-state index in [4.69, 9.17) is 11.6 Å². The second-order valence-electron chi connectivity index (χ2n) is 6.18. The fourth-order valence-corrected chi connectivity index (χ4v) is 4.44. The van der Waals surface area contributed by atoms with Crippen LogP contribution in [0.4, 0.5) is 0 Å². The Kier molecular flexibility index (Phi) is 2.45. The molecule has 4 heteroatoms. The van der Waals surface area contributed by atoms with Crippen molar-refractivity contribution in [2.45, 2.75) is 37.7 Å². The summed E-state index contributed by atoms with van der Waals surface area (Å²) in [5, 5.41) is 19.8. The van der Waals surface area contributed by atoms with Gasteiger partial charge in [0.15, 0.2) is 0 Å². The zero-order valence-electron chi connectivity index (χ0n) is 10.7. The van der Waals surface area contributed by atoms with Crippen LogP contribution in [0.15, 0.2) is 18.3 Å². The van der Waals surface area contributed by atoms with Crippen molar-refractivity contribution in [1.82, 2.24) is 10.2 Å². The van der Waals surface area contributed by atoms with Crippen molar-refractivity contribution < 1.29 is 5.11 Å². The van der Waals surface area contributed by atoms with Crippen LogP contribution >= 0.6 is 11.6 Å². The van der Waals surface area contributed by atoms with Crippen molar-refractivity contribution >= 4 is 22.5 Å². The third-order valence-electron chi connectivity index (χ3n) is 5.04. The van der Waals surface area contributed by atoms with Crippen LogP contribution in [-0.2, 0) is 5.60 Å². The van der Waals surface area contributed by atoms with E-state index in [0.717, 1.165) is 29.3 Å². The Balaban J connectivity index is 1.83. The van der Waals surface area contributed by atoms with E-state index in [-0.39, 0.29) is 0 Å². The fourth-order valence-electron chi connectivity index (χ4n) is 4.22. The maximum absolute atomic E-state index is 11.1. The van der Waals surface area contributed by atoms with Crippen LogP contribution in [0.25, 0.3) is 10.9 Å². The molecule has 19 heavy (non-hydrogen) atoms. The summed E-state index contributed by atoms with van der Waals surface area (Å²) >= 11 is 6.18. The number of nitrogens with one attached hydrogen (secondary N) is 1. The number of aliphatic hydroxyl groups is 1. The molecule has 1 unspecified atom stereocenters. The van der Waals surface area contributed by atoms with Gasteiger partial charge in [-0.2, -0.15) is 5.10 Å². The summed E-state index contributed by atoms with van der Waals surface area (Å²) < 4.78 is 0. The highest BCUT2D eigenvalue weighted by molar-refractivity contribution is 6.31. The summed E-state index contributed by atoms with van der Waals surface area (Å²) in [6, 6.07) is 3.78. The highest BCUT2D eigenvalue weighted by atomic mass is 35.5. The van der Waals surface area contributed by atoms with Crippen LogP contribution in [0.2, 0.25) is 5.02 Å². The summed E-state index contributed by atoms with van der Waals surface area (Å²) in [6.45, 7) is 0. The number of hydrogen-bond donors (Lipinski definition) is 2. The van der Waals surface area contributed by atoms with Crippen molar-refractivity contribution in [3.8, 4) is 0 Å². The molecule has 1 aromatic carbocycles. The Morgan fingerprint density at radius 2 is 2.00 bits per heavy atom. The number of aromatic amines is 1. The molecule has 0 amide bonds. The number of aromatic nitrogens is 2. The van der Waals surface area contributed by atoms with E-state index in [1.165, 1.54) is 19.3 Å². The third kappa shape index (κ3) is 1.72. The lowest BCUT2D eigenvalue weighted by molar-refractivity contribution is 0.0366. The molecule has 2 saturated carbocycles. The van der Waals surface area contributed by atoms with Gasteiger partial charge < -0.3 is 5.11 Å². The summed E-state index contributed by atoms with van der Waals surface area (Å²) in [6.07, 6.45) is 7.40. The van der Waals surface area contributed by atoms with E-state index in [0.29, 0.717) is 16.9 Å². The van der Waals surface area contributed by atoms with Gasteiger partial charge in [-0.1, -0.05) is 30.9 Å². The van der Waals surface area contributed by atoms with Crippen molar-refractivity contribution in [3.05, 3.63) is 28.9 Å². The normalized spacial score (nSPS) is 34.0. The van der Waals surface area contributed by atoms with Gasteiger partial charge in [0.1, 0.15) is 0 Å². The second-order valence-corrected chi connectivity index (χ2v) is 6.61. The Morgan fingerprint density at radius 3 is 2.74 bits per heavy atom. The summed E-state index contributed by atoms with van der Waals surface area (Å²) in [5.74, 6) is 1.37. The molecule has 1 aromatic heterocycles. The van der Waals surface area contributed by atoms with Crippen molar-refractivity contribution in [3.63, 3.8) is 0 Å². The molecule has 4 rings (SSSR count). The van der Waals surface area contributed by atoms with Gasteiger partial charge in [0.2, 0.25) is 0 Å². The number of nitrogens with zero attached hydrogens (tertiary/aromatic N) is 1. The van der Waals surface area contributed by atoms with Crippen LogP contribution in [0.1, 0.15) is 37.7 Å². The first-order valence-corrected chi connectivity index (χ1v) is 7.39. The van der Waals surface area contributed by atoms with Gasteiger partial charge in [0, 0.05) is 10.4 Å². The number of rotatable bonds is 1. The molecule has 3 nitrogen and oxygen atoms in total. The minimum absolute atomic E-state index is 0.664. The van der Waals surface area contributed by atoms with E-state index in [9.17, 15) is 5.11 Å². The number of H-pyrrole nitrogens is 1. The monoisotopic (exact) mass is 276 g/mol. The van der Waals surface area contributed by atoms with E-state index in [1.807, 2.05) is 12.1 Å². The molecular weight excluding hydrogens is 260 g/mol. The minimum Gasteiger partial charge on any atom is -0.385 e. The van der Waals surface area contributed by atoms with Gasteiger partial charge in [-0.25, -0.2) is 0 Å². The first-order valence-electron chi connectivity index (χ1n) is 7.01. The smallest absolute Gasteiger partial charge is 0.0909 e. The highest BCUT2D eigenvalue weighted by Crippen LogP contribution is 2.53. The topological polar surface area (TPSA) is 48.9 Å². The average Bonchev–Trinajstić information content (AvgIpc) is 3.01. The van der Waals surface area contributed by atoms with Crippen LogP contribution in [-0.4, -0.2) is 15.3 Å². The van der Waals surface area contributed by atoms with Crippen LogP contribution in [0.3, 0.4) is 0 Å². The maximum atomic E-state index is 11.1. The number of hydrogen-bond acceptors (Lipinski definition) is 2. The molecule has 1 heterocycles. The Labute approximate surface area is 117 Å². The lowest BCUT2D eigenvalue weighted by atomic mass is 9.87. The quantitative estimate of drug-likeness (QED) is 0.836. The molecule has 2 aliphatic rings. The first-order chi connectivity index (χ1) is 9.16. The van der Waals surface area contributed by atoms with Crippen molar-refractivity contribution in [2.24, 2.45) is 11.8 Å². The molecule has 3 atom stereocenters. The fraction of sp³-hybridized carbons (Fsp3) is 0.533. The number of benzene rings is 1. The Hall–Kier alpha value is -1.06. The minimum atomic E-state index is -0.719. The van der Waals surface area contributed by atoms with Crippen LogP contribution in [0.5, 0.6) is 0 Å². The predicted octanol–water partition coefficient (Wildman–Crippen LogP) is 3.61. The Bertz CT molecular complexity index is 624. The summed E-state index contributed by atoms with van der Waals surface area (Å²) in [7, 11) is 0. The predicted molar refractivity (Wildman–Crippen MR) is 75.1 cm³/mol. The van der Waals surface area contributed by atoms with Gasteiger partial charge in [0.25, 0.3) is 0 Å². The molecular formula is C15H17ClN2O. The van der Waals surface area contributed by atoms with E-state index in [2.05, 4.69) is 10.2 Å². The first kappa shape index (κ1) is 11.7. The molecule has 0 aliphatic heterocycles. The SMILES string of the molecule is OC1(c2cc(Cl)cc3[nH]ncc23)C[C@H]2CCC[C@H]2C1. The van der Waals surface area contributed by atoms with E-state index >= 15 is 0 Å². The third-order valence-corrected chi connectivity index (χ3v) is 5.26. The molecule has 2 N–H and O–H groups in total. The van der Waals surface area contributed by atoms with Crippen molar-refractivity contribution in [1.29, 1.82) is 0 Å². The lowest BCUT2D eigenvalue weighted by Gasteiger charge is -2.25. The zero-order chi connectivity index (χ0) is 13.0. The maximum Gasteiger partial charge on any atom is 0.0909 e. The number of halogens is 1. The molecule has 0 bridgehead atoms. The molecule has 0 saturated heterocycles. The largest absolute Gasteiger partial charge is 0.385 e. The average molecular weight is 277 g/mol. The van der Waals surface area contributed by atoms with Gasteiger partial charge in [-0.05, 0) is 42.4 Å². The Morgan fingerprint density at radius 1 is 1.26 bits per heavy atom. The molecule has 2 aliphatic carbocycles. The van der Waals surface area contributed by atoms with Crippen LogP contribution < -0.4 is 0 Å². The summed E-state index contributed by atoms with van der Waals surface area (Å²) in [4.78, 5) is 0. The number of fused-ring (bicyclic) bond motifs is 2. The standard InChI is InChI=1S/C15H17ClN2O/c16-11-4-13(12-8-17-18-14(12)5-11)15(19)6-9-2-1-3-10(9)7-15/h4-5,8-10,19H,1-3,6-7H2,(H,17,18)/t9-,10+,15?. The van der Waals surface area contributed by atoms with E-state index < -0.39 is 5.60 Å². The molecule has 0 spiro atoms. The van der Waals surface area contributed by atoms with Gasteiger partial charge in [0.05, 0.1) is 17.3 Å². The molecule has 0 radical (unpaired) electrons. The highest BCUT2D eigenvalue weighted by Gasteiger charge is 2.47. The molecule has 2 aromatic rings. The summed E-state index contributed by atoms with van der Waals surface area (Å²) in [5.41, 5.74) is 1.15. The molecule has 100 valence electrons. The lowest BCUT2D eigenvalue weighted by Crippen LogP contribution is -2.22. The van der Waals surface area contributed by atoms with Crippen LogP contribution in [0, 0.1) is 11.8 Å². The molecule has 2 fully saturated rings. The van der Waals surface area contributed by atoms with E-state index in [1.54, 1.807) is 6.20 Å². The van der Waals surface area contributed by atoms with Gasteiger partial charge in [-0.3, -0.25) is 5.10 Å². The van der Waals surface area contributed by atoms with Crippen molar-refractivity contribution in [2.75, 3.05) is 0 Å². The van der Waals surface area contributed by atoms with Gasteiger partial charge >= 0.3 is 0 Å². The zero-order valence-corrected chi connectivity index (χ0v) is 11.5.